The number of nitrogens with zero attached hydrogens (tertiary/aromatic N) is 2. The molecule has 0 radical (unpaired) electrons. The molecule has 3 aromatic rings. The van der Waals surface area contributed by atoms with Gasteiger partial charge in [0, 0.05) is 24.2 Å². The lowest BCUT2D eigenvalue weighted by molar-refractivity contribution is -0.116. The Balaban J connectivity index is 1.64. The lowest BCUT2D eigenvalue weighted by Crippen LogP contribution is -2.14. The number of anilines is 1. The second-order valence-electron chi connectivity index (χ2n) is 5.36. The molecule has 0 saturated carbocycles. The Morgan fingerprint density at radius 3 is 2.78 bits per heavy atom. The summed E-state index contributed by atoms with van der Waals surface area (Å²) >= 11 is 0. The number of nitrogens with one attached hydrogen (secondary N) is 1. The monoisotopic (exact) mass is 307 g/mol. The number of amides is 1. The van der Waals surface area contributed by atoms with Crippen LogP contribution in [0.25, 0.3) is 11.0 Å². The quantitative estimate of drug-likeness (QED) is 0.736. The average Bonchev–Trinajstić information content (AvgIpc) is 2.96. The predicted octanol–water partition coefficient (Wildman–Crippen LogP) is 3.27. The van der Waals surface area contributed by atoms with Gasteiger partial charge in [0.15, 0.2) is 5.78 Å². The van der Waals surface area contributed by atoms with Gasteiger partial charge in [0.1, 0.15) is 0 Å². The summed E-state index contributed by atoms with van der Waals surface area (Å²) in [5.41, 5.74) is 3.16. The topological polar surface area (TPSA) is 64.0 Å². The van der Waals surface area contributed by atoms with Crippen molar-refractivity contribution in [1.82, 2.24) is 9.55 Å². The van der Waals surface area contributed by atoms with Crippen LogP contribution in [0.5, 0.6) is 0 Å². The van der Waals surface area contributed by atoms with Gasteiger partial charge in [-0.15, -0.1) is 0 Å². The first-order chi connectivity index (χ1) is 11.1. The fourth-order valence-electron chi connectivity index (χ4n) is 2.45. The Hall–Kier alpha value is -2.95. The molecule has 0 atom stereocenters. The number of carbonyl (C=O) groups excluding carboxylic acids is 2. The van der Waals surface area contributed by atoms with Crippen molar-refractivity contribution in [3.05, 3.63) is 60.4 Å². The second-order valence-corrected chi connectivity index (χ2v) is 5.36. The number of aryl methyl sites for hydroxylation is 1. The van der Waals surface area contributed by atoms with Crippen molar-refractivity contribution in [2.75, 3.05) is 5.32 Å². The molecule has 0 aliphatic rings. The number of ketones is 1. The molecule has 0 spiro atoms. The number of Topliss-reactive ketones (excluding diaryl/α,β-unsaturated/α-hetero) is 1. The maximum absolute atomic E-state index is 12.1. The maximum Gasteiger partial charge on any atom is 0.226 e. The number of aromatic nitrogens is 2. The van der Waals surface area contributed by atoms with E-state index in [1.54, 1.807) is 30.6 Å². The zero-order valence-electron chi connectivity index (χ0n) is 12.8. The zero-order chi connectivity index (χ0) is 16.2. The Bertz CT molecular complexity index is 867. The Morgan fingerprint density at radius 2 is 1.96 bits per heavy atom. The third kappa shape index (κ3) is 3.45. The van der Waals surface area contributed by atoms with E-state index in [1.807, 2.05) is 28.8 Å². The van der Waals surface area contributed by atoms with Gasteiger partial charge < -0.3 is 9.88 Å². The van der Waals surface area contributed by atoms with E-state index in [-0.39, 0.29) is 11.7 Å². The van der Waals surface area contributed by atoms with Crippen molar-refractivity contribution in [3.63, 3.8) is 0 Å². The molecule has 1 amide bonds. The number of carbonyl (C=O) groups is 2. The molecular weight excluding hydrogens is 290 g/mol. The average molecular weight is 307 g/mol. The molecule has 116 valence electrons. The van der Waals surface area contributed by atoms with Gasteiger partial charge in [0.2, 0.25) is 5.91 Å². The lowest BCUT2D eigenvalue weighted by atomic mass is 10.1. The SMILES string of the molecule is CC(=O)c1cccc(NC(=O)CCn2cnc3ccccc32)c1. The molecule has 1 aromatic heterocycles. The van der Waals surface area contributed by atoms with Gasteiger partial charge in [-0.3, -0.25) is 9.59 Å². The number of hydrogen-bond donors (Lipinski definition) is 1. The molecular formula is C18H17N3O2. The summed E-state index contributed by atoms with van der Waals surface area (Å²) in [4.78, 5) is 27.8. The van der Waals surface area contributed by atoms with Crippen LogP contribution in [-0.4, -0.2) is 21.2 Å². The molecule has 0 aliphatic carbocycles. The summed E-state index contributed by atoms with van der Waals surface area (Å²) in [6.07, 6.45) is 2.08. The highest BCUT2D eigenvalue weighted by atomic mass is 16.1. The fourth-order valence-corrected chi connectivity index (χ4v) is 2.45. The molecule has 0 bridgehead atoms. The van der Waals surface area contributed by atoms with Gasteiger partial charge in [-0.25, -0.2) is 4.98 Å². The molecule has 1 N–H and O–H groups in total. The van der Waals surface area contributed by atoms with Gasteiger partial charge in [0.25, 0.3) is 0 Å². The van der Waals surface area contributed by atoms with E-state index < -0.39 is 0 Å². The molecule has 0 saturated heterocycles. The molecule has 0 fully saturated rings. The van der Waals surface area contributed by atoms with E-state index in [1.165, 1.54) is 6.92 Å². The second kappa shape index (κ2) is 6.44. The normalized spacial score (nSPS) is 10.7. The Labute approximate surface area is 134 Å². The number of para-hydroxylation sites is 2. The summed E-state index contributed by atoms with van der Waals surface area (Å²) in [5.74, 6) is -0.116. The standard InChI is InChI=1S/C18H17N3O2/c1-13(22)14-5-4-6-15(11-14)20-18(23)9-10-21-12-19-16-7-2-3-8-17(16)21/h2-8,11-12H,9-10H2,1H3,(H,20,23). The molecule has 5 heteroatoms. The van der Waals surface area contributed by atoms with Gasteiger partial charge in [0.05, 0.1) is 17.4 Å². The molecule has 2 aromatic carbocycles. The van der Waals surface area contributed by atoms with E-state index in [4.69, 9.17) is 0 Å². The summed E-state index contributed by atoms with van der Waals surface area (Å²) in [6.45, 7) is 2.06. The third-order valence-corrected chi connectivity index (χ3v) is 3.66. The van der Waals surface area contributed by atoms with Gasteiger partial charge in [-0.2, -0.15) is 0 Å². The summed E-state index contributed by atoms with van der Waals surface area (Å²) in [5, 5.41) is 2.82. The van der Waals surface area contributed by atoms with Crippen LogP contribution in [-0.2, 0) is 11.3 Å². The minimum Gasteiger partial charge on any atom is -0.330 e. The largest absolute Gasteiger partial charge is 0.330 e. The Morgan fingerprint density at radius 1 is 1.13 bits per heavy atom. The molecule has 3 rings (SSSR count). The van der Waals surface area contributed by atoms with Crippen molar-refractivity contribution in [1.29, 1.82) is 0 Å². The minimum absolute atomic E-state index is 0.0222. The summed E-state index contributed by atoms with van der Waals surface area (Å²) in [7, 11) is 0. The van der Waals surface area contributed by atoms with Gasteiger partial charge >= 0.3 is 0 Å². The number of hydrogen-bond acceptors (Lipinski definition) is 3. The fraction of sp³-hybridized carbons (Fsp3) is 0.167. The minimum atomic E-state index is -0.0940. The van der Waals surface area contributed by atoms with Crippen LogP contribution in [0.2, 0.25) is 0 Å². The van der Waals surface area contributed by atoms with Crippen LogP contribution in [0.4, 0.5) is 5.69 Å². The van der Waals surface area contributed by atoms with E-state index in [9.17, 15) is 9.59 Å². The highest BCUT2D eigenvalue weighted by Crippen LogP contribution is 2.14. The van der Waals surface area contributed by atoms with Crippen molar-refractivity contribution < 1.29 is 9.59 Å². The Kier molecular flexibility index (Phi) is 4.19. The van der Waals surface area contributed by atoms with Gasteiger partial charge in [-0.1, -0.05) is 24.3 Å². The molecule has 5 nitrogen and oxygen atoms in total. The first-order valence-electron chi connectivity index (χ1n) is 7.44. The number of benzene rings is 2. The van der Waals surface area contributed by atoms with Crippen LogP contribution in [0, 0.1) is 0 Å². The number of imidazole rings is 1. The highest BCUT2D eigenvalue weighted by Gasteiger charge is 2.07. The molecule has 0 aliphatic heterocycles. The van der Waals surface area contributed by atoms with E-state index in [2.05, 4.69) is 10.3 Å². The highest BCUT2D eigenvalue weighted by molar-refractivity contribution is 5.97. The first kappa shape index (κ1) is 15.0. The van der Waals surface area contributed by atoms with Crippen LogP contribution < -0.4 is 5.32 Å². The van der Waals surface area contributed by atoms with E-state index >= 15 is 0 Å². The van der Waals surface area contributed by atoms with E-state index in [0.29, 0.717) is 24.2 Å². The van der Waals surface area contributed by atoms with Crippen LogP contribution >= 0.6 is 0 Å². The van der Waals surface area contributed by atoms with Crippen LogP contribution in [0.15, 0.2) is 54.9 Å². The lowest BCUT2D eigenvalue weighted by Gasteiger charge is -2.07. The molecule has 1 heterocycles. The first-order valence-corrected chi connectivity index (χ1v) is 7.44. The zero-order valence-corrected chi connectivity index (χ0v) is 12.8. The smallest absolute Gasteiger partial charge is 0.226 e. The van der Waals surface area contributed by atoms with Crippen molar-refractivity contribution in [2.24, 2.45) is 0 Å². The van der Waals surface area contributed by atoms with Gasteiger partial charge in [-0.05, 0) is 31.2 Å². The van der Waals surface area contributed by atoms with Crippen LogP contribution in [0.1, 0.15) is 23.7 Å². The summed E-state index contributed by atoms with van der Waals surface area (Å²) < 4.78 is 1.96. The number of fused-ring (bicyclic) bond motifs is 1. The third-order valence-electron chi connectivity index (χ3n) is 3.66. The molecule has 23 heavy (non-hydrogen) atoms. The van der Waals surface area contributed by atoms with E-state index in [0.717, 1.165) is 11.0 Å². The van der Waals surface area contributed by atoms with Crippen molar-refractivity contribution in [3.8, 4) is 0 Å². The van der Waals surface area contributed by atoms with Crippen molar-refractivity contribution >= 4 is 28.4 Å². The predicted molar refractivity (Wildman–Crippen MR) is 89.4 cm³/mol. The maximum atomic E-state index is 12.1. The molecule has 0 unspecified atom stereocenters. The van der Waals surface area contributed by atoms with Crippen LogP contribution in [0.3, 0.4) is 0 Å². The number of rotatable bonds is 5. The summed E-state index contributed by atoms with van der Waals surface area (Å²) in [6, 6.07) is 14.8. The van der Waals surface area contributed by atoms with Crippen molar-refractivity contribution in [2.45, 2.75) is 19.9 Å².